The van der Waals surface area contributed by atoms with Crippen molar-refractivity contribution in [1.82, 2.24) is 0 Å². The second kappa shape index (κ2) is 7.90. The third-order valence-corrected chi connectivity index (χ3v) is 7.55. The number of rotatable bonds is 7. The van der Waals surface area contributed by atoms with Gasteiger partial charge >= 0.3 is 0 Å². The number of hydrogen-bond donors (Lipinski definition) is 0. The van der Waals surface area contributed by atoms with Crippen molar-refractivity contribution in [3.63, 3.8) is 0 Å². The molecule has 0 aliphatic heterocycles. The Hall–Kier alpha value is -0.543. The monoisotopic (exact) mass is 293 g/mol. The summed E-state index contributed by atoms with van der Waals surface area (Å²) >= 11 is 2.20. The van der Waals surface area contributed by atoms with E-state index in [-0.39, 0.29) is 0 Å². The molecule has 0 bridgehead atoms. The molecule has 0 aliphatic rings. The van der Waals surface area contributed by atoms with E-state index in [9.17, 15) is 0 Å². The molecule has 3 heteroatoms. The molecule has 0 aliphatic carbocycles. The maximum atomic E-state index is 4.55. The van der Waals surface area contributed by atoms with E-state index in [1.54, 1.807) is 0 Å². The lowest BCUT2D eigenvalue weighted by Crippen LogP contribution is -2.18. The molecule has 0 heterocycles. The Balaban J connectivity index is 2.26. The highest BCUT2D eigenvalue weighted by Crippen LogP contribution is 2.27. The van der Waals surface area contributed by atoms with Crippen molar-refractivity contribution >= 4 is 24.6 Å². The van der Waals surface area contributed by atoms with Gasteiger partial charge in [-0.1, -0.05) is 50.8 Å². The normalized spacial score (nSPS) is 13.9. The average Bonchev–Trinajstić information content (AvgIpc) is 2.28. The topological polar surface area (TPSA) is 12.4 Å². The number of hydrogen-bond acceptors (Lipinski definition) is 2. The van der Waals surface area contributed by atoms with Crippen LogP contribution in [0.2, 0.25) is 19.6 Å². The van der Waals surface area contributed by atoms with Crippen LogP contribution >= 0.6 is 11.2 Å². The standard InChI is InChI=1S/C16H27NSSi/c1-14-9-6-7-11-16(14)13-17-12-8-10-15(2)18-19(3,4)5/h6-7,9,11,13,15H,8,10,12H2,1-5H3/b17-13+. The van der Waals surface area contributed by atoms with Crippen LogP contribution in [0.1, 0.15) is 30.9 Å². The largest absolute Gasteiger partial charge is 0.293 e. The molecule has 0 radical (unpaired) electrons. The van der Waals surface area contributed by atoms with Gasteiger partial charge in [0.25, 0.3) is 0 Å². The summed E-state index contributed by atoms with van der Waals surface area (Å²) in [6.07, 6.45) is 4.49. The van der Waals surface area contributed by atoms with E-state index in [1.165, 1.54) is 24.0 Å². The summed E-state index contributed by atoms with van der Waals surface area (Å²) in [6.45, 7) is 12.7. The van der Waals surface area contributed by atoms with E-state index < -0.39 is 7.22 Å². The van der Waals surface area contributed by atoms with Crippen molar-refractivity contribution in [3.05, 3.63) is 35.4 Å². The molecule has 106 valence electrons. The first-order valence-electron chi connectivity index (χ1n) is 7.12. The molecule has 0 spiro atoms. The third kappa shape index (κ3) is 7.58. The zero-order chi connectivity index (χ0) is 14.3. The third-order valence-electron chi connectivity index (χ3n) is 2.87. The fourth-order valence-electron chi connectivity index (χ4n) is 2.03. The molecule has 0 N–H and O–H groups in total. The Morgan fingerprint density at radius 1 is 1.26 bits per heavy atom. The summed E-state index contributed by atoms with van der Waals surface area (Å²) < 4.78 is 0. The predicted octanol–water partition coefficient (Wildman–Crippen LogP) is 5.15. The highest BCUT2D eigenvalue weighted by atomic mass is 32.4. The van der Waals surface area contributed by atoms with Crippen LogP contribution < -0.4 is 0 Å². The van der Waals surface area contributed by atoms with Crippen LogP contribution in [0.5, 0.6) is 0 Å². The lowest BCUT2D eigenvalue weighted by molar-refractivity contribution is 0.743. The molecule has 1 aromatic carbocycles. The van der Waals surface area contributed by atoms with Crippen LogP contribution in [0.3, 0.4) is 0 Å². The number of nitrogens with zero attached hydrogens (tertiary/aromatic N) is 1. The highest BCUT2D eigenvalue weighted by molar-refractivity contribution is 8.29. The minimum atomic E-state index is -0.971. The van der Waals surface area contributed by atoms with E-state index in [1.807, 2.05) is 6.21 Å². The molecule has 19 heavy (non-hydrogen) atoms. The van der Waals surface area contributed by atoms with E-state index >= 15 is 0 Å². The van der Waals surface area contributed by atoms with Gasteiger partial charge in [0.05, 0.1) is 0 Å². The molecule has 0 saturated heterocycles. The molecular formula is C16H27NSSi. The fourth-order valence-corrected chi connectivity index (χ4v) is 7.49. The van der Waals surface area contributed by atoms with Gasteiger partial charge in [0, 0.05) is 12.8 Å². The fraction of sp³-hybridized carbons (Fsp3) is 0.562. The lowest BCUT2D eigenvalue weighted by atomic mass is 10.1. The van der Waals surface area contributed by atoms with Crippen LogP contribution in [0.4, 0.5) is 0 Å². The molecule has 0 amide bonds. The van der Waals surface area contributed by atoms with Crippen LogP contribution in [0.25, 0.3) is 0 Å². The minimum absolute atomic E-state index is 0.778. The van der Waals surface area contributed by atoms with Crippen molar-refractivity contribution in [2.24, 2.45) is 4.99 Å². The van der Waals surface area contributed by atoms with Crippen molar-refractivity contribution in [2.75, 3.05) is 6.54 Å². The van der Waals surface area contributed by atoms with E-state index in [0.29, 0.717) is 0 Å². The SMILES string of the molecule is Cc1ccccc1/C=N/CCCC(C)S[Si](C)(C)C. The summed E-state index contributed by atoms with van der Waals surface area (Å²) in [5.41, 5.74) is 2.54. The predicted molar refractivity (Wildman–Crippen MR) is 93.3 cm³/mol. The Morgan fingerprint density at radius 2 is 1.95 bits per heavy atom. The molecule has 0 fully saturated rings. The van der Waals surface area contributed by atoms with Gasteiger partial charge in [-0.2, -0.15) is 11.2 Å². The van der Waals surface area contributed by atoms with Gasteiger partial charge in [0.1, 0.15) is 7.22 Å². The quantitative estimate of drug-likeness (QED) is 0.385. The number of aryl methyl sites for hydroxylation is 1. The first-order valence-corrected chi connectivity index (χ1v) is 12.2. The van der Waals surface area contributed by atoms with Crippen LogP contribution in [-0.4, -0.2) is 25.2 Å². The smallest absolute Gasteiger partial charge is 0.108 e. The summed E-state index contributed by atoms with van der Waals surface area (Å²) in [6, 6.07) is 8.40. The number of aliphatic imine (C=N–C) groups is 1. The van der Waals surface area contributed by atoms with Crippen LogP contribution in [0.15, 0.2) is 29.3 Å². The van der Waals surface area contributed by atoms with Crippen LogP contribution in [-0.2, 0) is 0 Å². The van der Waals surface area contributed by atoms with Gasteiger partial charge in [0.15, 0.2) is 0 Å². The van der Waals surface area contributed by atoms with Crippen molar-refractivity contribution < 1.29 is 0 Å². The summed E-state index contributed by atoms with van der Waals surface area (Å²) in [4.78, 5) is 4.55. The maximum absolute atomic E-state index is 4.55. The first-order chi connectivity index (χ1) is 8.88. The van der Waals surface area contributed by atoms with Gasteiger partial charge in [-0.15, -0.1) is 0 Å². The molecule has 1 aromatic rings. The Labute approximate surface area is 123 Å². The van der Waals surface area contributed by atoms with Crippen molar-refractivity contribution in [3.8, 4) is 0 Å². The van der Waals surface area contributed by atoms with Gasteiger partial charge in [-0.05, 0) is 36.1 Å². The summed E-state index contributed by atoms with van der Waals surface area (Å²) in [5, 5.41) is 0.778. The van der Waals surface area contributed by atoms with Crippen molar-refractivity contribution in [1.29, 1.82) is 0 Å². The molecule has 1 unspecified atom stereocenters. The van der Waals surface area contributed by atoms with Gasteiger partial charge < -0.3 is 0 Å². The highest BCUT2D eigenvalue weighted by Gasteiger charge is 2.17. The molecule has 1 rings (SSSR count). The van der Waals surface area contributed by atoms with Gasteiger partial charge in [0.2, 0.25) is 0 Å². The maximum Gasteiger partial charge on any atom is 0.108 e. The molecule has 0 saturated carbocycles. The van der Waals surface area contributed by atoms with E-state index in [4.69, 9.17) is 0 Å². The van der Waals surface area contributed by atoms with E-state index in [2.05, 4.69) is 74.0 Å². The van der Waals surface area contributed by atoms with Gasteiger partial charge in [-0.3, -0.25) is 4.99 Å². The Kier molecular flexibility index (Phi) is 6.87. The lowest BCUT2D eigenvalue weighted by Gasteiger charge is -2.20. The number of benzene rings is 1. The average molecular weight is 294 g/mol. The minimum Gasteiger partial charge on any atom is -0.293 e. The summed E-state index contributed by atoms with van der Waals surface area (Å²) in [7, 11) is -0.971. The molecule has 1 atom stereocenters. The van der Waals surface area contributed by atoms with Crippen LogP contribution in [0, 0.1) is 6.92 Å². The Morgan fingerprint density at radius 3 is 2.58 bits per heavy atom. The summed E-state index contributed by atoms with van der Waals surface area (Å²) in [5.74, 6) is 0. The Bertz CT molecular complexity index is 409. The molecule has 0 aromatic heterocycles. The second-order valence-electron chi connectivity index (χ2n) is 6.07. The second-order valence-corrected chi connectivity index (χ2v) is 15.7. The zero-order valence-corrected chi connectivity index (χ0v) is 14.8. The van der Waals surface area contributed by atoms with E-state index in [0.717, 1.165) is 11.8 Å². The molecular weight excluding hydrogens is 266 g/mol. The van der Waals surface area contributed by atoms with Crippen molar-refractivity contribution in [2.45, 2.75) is 51.6 Å². The van der Waals surface area contributed by atoms with Gasteiger partial charge in [-0.25, -0.2) is 0 Å². The molecule has 1 nitrogen and oxygen atoms in total. The zero-order valence-electron chi connectivity index (χ0n) is 12.9. The first kappa shape index (κ1) is 16.5.